The number of alkyl halides is 3. The molecule has 2 aromatic rings. The fraction of sp³-hybridized carbons (Fsp3) is 0.438. The Labute approximate surface area is 147 Å². The van der Waals surface area contributed by atoms with Crippen LogP contribution in [0.1, 0.15) is 21.7 Å². The molecule has 1 aromatic carbocycles. The first-order chi connectivity index (χ1) is 12.2. The molecule has 26 heavy (non-hydrogen) atoms. The summed E-state index contributed by atoms with van der Waals surface area (Å²) in [5.41, 5.74) is -2.00. The first-order valence-electron chi connectivity index (χ1n) is 7.96. The molecule has 1 aliphatic heterocycles. The van der Waals surface area contributed by atoms with Crippen molar-refractivity contribution in [2.45, 2.75) is 13.1 Å². The van der Waals surface area contributed by atoms with E-state index in [1.54, 1.807) is 0 Å². The van der Waals surface area contributed by atoms with Crippen LogP contribution in [-0.4, -0.2) is 51.8 Å². The van der Waals surface area contributed by atoms with Crippen LogP contribution in [0, 0.1) is 12.7 Å². The van der Waals surface area contributed by atoms with Gasteiger partial charge in [0.05, 0.1) is 11.1 Å². The second kappa shape index (κ2) is 6.58. The lowest BCUT2D eigenvalue weighted by molar-refractivity contribution is -0.140. The van der Waals surface area contributed by atoms with Crippen molar-refractivity contribution in [3.8, 4) is 0 Å². The zero-order chi connectivity index (χ0) is 19.1. The minimum absolute atomic E-state index is 0.250. The van der Waals surface area contributed by atoms with E-state index in [1.165, 1.54) is 4.90 Å². The van der Waals surface area contributed by atoms with Crippen LogP contribution >= 0.6 is 0 Å². The van der Waals surface area contributed by atoms with Crippen LogP contribution in [0.4, 0.5) is 23.5 Å². The summed E-state index contributed by atoms with van der Waals surface area (Å²) >= 11 is 0. The minimum Gasteiger partial charge on any atom is -0.337 e. The molecule has 10 heteroatoms. The van der Waals surface area contributed by atoms with Crippen molar-refractivity contribution in [3.05, 3.63) is 41.0 Å². The average molecular weight is 371 g/mol. The third-order valence-corrected chi connectivity index (χ3v) is 4.45. The number of carbonyl (C=O) groups excluding carboxylic acids is 1. The Morgan fingerprint density at radius 1 is 1.12 bits per heavy atom. The van der Waals surface area contributed by atoms with E-state index in [9.17, 15) is 22.4 Å². The van der Waals surface area contributed by atoms with Crippen molar-refractivity contribution in [3.63, 3.8) is 0 Å². The molecule has 1 saturated heterocycles. The van der Waals surface area contributed by atoms with E-state index in [1.807, 2.05) is 23.4 Å². The zero-order valence-corrected chi connectivity index (χ0v) is 14.2. The molecule has 1 fully saturated rings. The zero-order valence-electron chi connectivity index (χ0n) is 14.2. The normalized spacial score (nSPS) is 15.5. The van der Waals surface area contributed by atoms with Gasteiger partial charge in [0.15, 0.2) is 0 Å². The molecule has 1 amide bonds. The Bertz CT molecular complexity index is 825. The number of aryl methyl sites for hydroxylation is 1. The number of aromatic nitrogens is 3. The molecule has 0 saturated carbocycles. The van der Waals surface area contributed by atoms with E-state index in [4.69, 9.17) is 0 Å². The summed E-state index contributed by atoms with van der Waals surface area (Å²) in [7, 11) is 1.82. The molecule has 0 atom stereocenters. The van der Waals surface area contributed by atoms with Crippen molar-refractivity contribution < 1.29 is 22.4 Å². The Kier molecular flexibility index (Phi) is 4.59. The van der Waals surface area contributed by atoms with Crippen LogP contribution in [0.2, 0.25) is 0 Å². The van der Waals surface area contributed by atoms with Gasteiger partial charge in [-0.3, -0.25) is 4.79 Å². The first-order valence-corrected chi connectivity index (χ1v) is 7.96. The van der Waals surface area contributed by atoms with Crippen LogP contribution in [0.15, 0.2) is 18.2 Å². The molecular formula is C16H17F4N5O. The number of hydrogen-bond acceptors (Lipinski definition) is 4. The third kappa shape index (κ3) is 3.23. The van der Waals surface area contributed by atoms with Gasteiger partial charge < -0.3 is 14.4 Å². The number of nitrogens with zero attached hydrogens (tertiary/aromatic N) is 5. The number of anilines is 1. The van der Waals surface area contributed by atoms with Gasteiger partial charge in [-0.2, -0.15) is 13.2 Å². The van der Waals surface area contributed by atoms with Crippen LogP contribution in [0.25, 0.3) is 0 Å². The van der Waals surface area contributed by atoms with Crippen molar-refractivity contribution in [1.82, 2.24) is 19.7 Å². The molecule has 3 rings (SSSR count). The number of amides is 1. The highest BCUT2D eigenvalue weighted by Gasteiger charge is 2.36. The maximum atomic E-state index is 14.2. The van der Waals surface area contributed by atoms with E-state index >= 15 is 0 Å². The maximum absolute atomic E-state index is 14.2. The number of rotatable bonds is 2. The largest absolute Gasteiger partial charge is 0.419 e. The summed E-state index contributed by atoms with van der Waals surface area (Å²) in [6.45, 7) is 3.17. The minimum atomic E-state index is -4.85. The Morgan fingerprint density at radius 3 is 2.31 bits per heavy atom. The lowest BCUT2D eigenvalue weighted by atomic mass is 10.1. The molecule has 1 aromatic heterocycles. The van der Waals surface area contributed by atoms with Crippen molar-refractivity contribution in [2.24, 2.45) is 7.05 Å². The second-order valence-electron chi connectivity index (χ2n) is 6.05. The van der Waals surface area contributed by atoms with Crippen molar-refractivity contribution >= 4 is 11.9 Å². The fourth-order valence-corrected chi connectivity index (χ4v) is 2.87. The van der Waals surface area contributed by atoms with Crippen LogP contribution in [0.5, 0.6) is 0 Å². The molecule has 0 radical (unpaired) electrons. The second-order valence-corrected chi connectivity index (χ2v) is 6.05. The van der Waals surface area contributed by atoms with Gasteiger partial charge in [0, 0.05) is 33.2 Å². The predicted molar refractivity (Wildman–Crippen MR) is 85.3 cm³/mol. The molecule has 0 N–H and O–H groups in total. The Balaban J connectivity index is 1.74. The Hall–Kier alpha value is -2.65. The smallest absolute Gasteiger partial charge is 0.337 e. The number of carbonyl (C=O) groups is 1. The van der Waals surface area contributed by atoms with Crippen molar-refractivity contribution in [2.75, 3.05) is 31.1 Å². The molecule has 0 bridgehead atoms. The lowest BCUT2D eigenvalue weighted by Crippen LogP contribution is -2.49. The SMILES string of the molecule is Cc1nnc(N2CCN(C(=O)c3cccc(C(F)(F)F)c3F)CC2)n1C. The number of benzene rings is 1. The fourth-order valence-electron chi connectivity index (χ4n) is 2.87. The molecule has 0 aliphatic carbocycles. The van der Waals surface area contributed by atoms with E-state index in [0.717, 1.165) is 18.0 Å². The van der Waals surface area contributed by atoms with Gasteiger partial charge >= 0.3 is 6.18 Å². The third-order valence-electron chi connectivity index (χ3n) is 4.45. The summed E-state index contributed by atoms with van der Waals surface area (Å²) in [5.74, 6) is -0.886. The highest BCUT2D eigenvalue weighted by atomic mass is 19.4. The van der Waals surface area contributed by atoms with Crippen LogP contribution in [-0.2, 0) is 13.2 Å². The predicted octanol–water partition coefficient (Wildman–Crippen LogP) is 2.24. The molecule has 140 valence electrons. The van der Waals surface area contributed by atoms with Crippen LogP contribution in [0.3, 0.4) is 0 Å². The summed E-state index contributed by atoms with van der Waals surface area (Å²) in [6.07, 6.45) is -4.85. The van der Waals surface area contributed by atoms with Gasteiger partial charge in [0.2, 0.25) is 5.95 Å². The highest BCUT2D eigenvalue weighted by molar-refractivity contribution is 5.95. The van der Waals surface area contributed by atoms with E-state index < -0.39 is 29.0 Å². The lowest BCUT2D eigenvalue weighted by Gasteiger charge is -2.35. The summed E-state index contributed by atoms with van der Waals surface area (Å²) < 4.78 is 54.5. The summed E-state index contributed by atoms with van der Waals surface area (Å²) in [6, 6.07) is 2.74. The van der Waals surface area contributed by atoms with E-state index in [0.29, 0.717) is 25.1 Å². The summed E-state index contributed by atoms with van der Waals surface area (Å²) in [5, 5.41) is 8.04. The summed E-state index contributed by atoms with van der Waals surface area (Å²) in [4.78, 5) is 15.7. The van der Waals surface area contributed by atoms with Crippen LogP contribution < -0.4 is 4.90 Å². The highest BCUT2D eigenvalue weighted by Crippen LogP contribution is 2.32. The average Bonchev–Trinajstić information content (AvgIpc) is 2.93. The van der Waals surface area contributed by atoms with Gasteiger partial charge in [-0.1, -0.05) is 6.07 Å². The first kappa shape index (κ1) is 18.2. The molecule has 6 nitrogen and oxygen atoms in total. The monoisotopic (exact) mass is 371 g/mol. The standard InChI is InChI=1S/C16H17F4N5O/c1-10-21-22-15(23(10)2)25-8-6-24(7-9-25)14(26)11-4-3-5-12(13(11)17)16(18,19)20/h3-5H,6-9H2,1-2H3. The van der Waals surface area contributed by atoms with Gasteiger partial charge in [0.25, 0.3) is 5.91 Å². The number of piperazine rings is 1. The molecule has 2 heterocycles. The number of hydrogen-bond donors (Lipinski definition) is 0. The van der Waals surface area contributed by atoms with Gasteiger partial charge in [-0.05, 0) is 19.1 Å². The van der Waals surface area contributed by atoms with Gasteiger partial charge in [0.1, 0.15) is 11.6 Å². The van der Waals surface area contributed by atoms with Crippen molar-refractivity contribution in [1.29, 1.82) is 0 Å². The molecule has 1 aliphatic rings. The molecular weight excluding hydrogens is 354 g/mol. The molecule has 0 spiro atoms. The maximum Gasteiger partial charge on any atom is 0.419 e. The topological polar surface area (TPSA) is 54.3 Å². The Morgan fingerprint density at radius 2 is 1.77 bits per heavy atom. The molecule has 0 unspecified atom stereocenters. The van der Waals surface area contributed by atoms with Gasteiger partial charge in [-0.25, -0.2) is 4.39 Å². The quantitative estimate of drug-likeness (QED) is 0.760. The van der Waals surface area contributed by atoms with E-state index in [2.05, 4.69) is 10.2 Å². The number of halogens is 4. The van der Waals surface area contributed by atoms with Gasteiger partial charge in [-0.15, -0.1) is 10.2 Å². The van der Waals surface area contributed by atoms with E-state index in [-0.39, 0.29) is 13.1 Å².